The number of hydrogen-bond donors (Lipinski definition) is 0. The number of ether oxygens (including phenoxy) is 3. The van der Waals surface area contributed by atoms with Gasteiger partial charge in [0.15, 0.2) is 0 Å². The Morgan fingerprint density at radius 3 is 2.41 bits per heavy atom. The van der Waals surface area contributed by atoms with Gasteiger partial charge in [-0.3, -0.25) is 9.47 Å². The van der Waals surface area contributed by atoms with E-state index in [0.717, 1.165) is 60.0 Å². The van der Waals surface area contributed by atoms with Gasteiger partial charge in [-0.05, 0) is 82.0 Å². The van der Waals surface area contributed by atoms with E-state index in [0.29, 0.717) is 12.1 Å². The summed E-state index contributed by atoms with van der Waals surface area (Å²) in [6.07, 6.45) is 5.49. The fourth-order valence-corrected chi connectivity index (χ4v) is 5.25. The van der Waals surface area contributed by atoms with Gasteiger partial charge in [-0.25, -0.2) is 9.59 Å². The van der Waals surface area contributed by atoms with E-state index in [1.807, 2.05) is 51.1 Å². The van der Waals surface area contributed by atoms with Crippen LogP contribution in [0.3, 0.4) is 0 Å². The third kappa shape index (κ3) is 5.67. The molecule has 0 unspecified atom stereocenters. The zero-order chi connectivity index (χ0) is 26.7. The summed E-state index contributed by atoms with van der Waals surface area (Å²) in [4.78, 5) is 27.4. The van der Waals surface area contributed by atoms with Crippen molar-refractivity contribution in [2.45, 2.75) is 71.6 Å². The van der Waals surface area contributed by atoms with Crippen molar-refractivity contribution in [1.29, 1.82) is 0 Å². The maximum atomic E-state index is 13.1. The van der Waals surface area contributed by atoms with Crippen LogP contribution in [0, 0.1) is 0 Å². The monoisotopic (exact) mass is 506 g/mol. The standard InChI is InChI=1S/C30H38N2O5/c1-7-20-18-26(35-5)24(23-15-17-32(27(20)23)29(34)37-30(2,3)4)19-31-16-9-8-10-25(31)21-11-13-22(14-12-21)28(33)36-6/h11-15,17-18,25H,7-10,16,19H2,1-6H3/t25-/m0/s1. The highest BCUT2D eigenvalue weighted by molar-refractivity contribution is 5.95. The lowest BCUT2D eigenvalue weighted by molar-refractivity contribution is 0.0542. The van der Waals surface area contributed by atoms with Gasteiger partial charge in [-0.15, -0.1) is 0 Å². The van der Waals surface area contributed by atoms with Gasteiger partial charge in [0, 0.05) is 29.7 Å². The van der Waals surface area contributed by atoms with Crippen molar-refractivity contribution in [3.63, 3.8) is 0 Å². The summed E-state index contributed by atoms with van der Waals surface area (Å²) in [6, 6.07) is 12.0. The number of methoxy groups -OCH3 is 2. The molecule has 7 nitrogen and oxygen atoms in total. The molecule has 0 amide bonds. The number of hydrogen-bond acceptors (Lipinski definition) is 6. The van der Waals surface area contributed by atoms with Crippen LogP contribution in [-0.4, -0.2) is 47.9 Å². The number of likely N-dealkylation sites (tertiary alicyclic amines) is 1. The molecule has 1 aliphatic rings. The first-order valence-electron chi connectivity index (χ1n) is 13.0. The van der Waals surface area contributed by atoms with Gasteiger partial charge in [0.2, 0.25) is 0 Å². The predicted molar refractivity (Wildman–Crippen MR) is 144 cm³/mol. The van der Waals surface area contributed by atoms with E-state index in [9.17, 15) is 9.59 Å². The Morgan fingerprint density at radius 1 is 1.05 bits per heavy atom. The number of aryl methyl sites for hydroxylation is 1. The van der Waals surface area contributed by atoms with E-state index < -0.39 is 5.60 Å². The number of nitrogens with zero attached hydrogens (tertiary/aromatic N) is 2. The zero-order valence-electron chi connectivity index (χ0n) is 22.8. The van der Waals surface area contributed by atoms with Gasteiger partial charge in [0.25, 0.3) is 0 Å². The van der Waals surface area contributed by atoms with E-state index in [1.165, 1.54) is 12.7 Å². The molecule has 0 radical (unpaired) electrons. The van der Waals surface area contributed by atoms with Gasteiger partial charge in [0.1, 0.15) is 11.4 Å². The molecule has 1 saturated heterocycles. The molecule has 1 fully saturated rings. The zero-order valence-corrected chi connectivity index (χ0v) is 22.8. The molecule has 198 valence electrons. The first-order chi connectivity index (χ1) is 17.7. The van der Waals surface area contributed by atoms with Crippen LogP contribution in [0.4, 0.5) is 4.79 Å². The Hall–Kier alpha value is -3.32. The number of carbonyl (C=O) groups excluding carboxylic acids is 2. The molecule has 4 rings (SSSR count). The molecule has 7 heteroatoms. The molecular weight excluding hydrogens is 468 g/mol. The highest BCUT2D eigenvalue weighted by atomic mass is 16.6. The van der Waals surface area contributed by atoms with Crippen LogP contribution < -0.4 is 4.74 Å². The van der Waals surface area contributed by atoms with Crippen molar-refractivity contribution < 1.29 is 23.8 Å². The van der Waals surface area contributed by atoms with E-state index in [4.69, 9.17) is 14.2 Å². The summed E-state index contributed by atoms with van der Waals surface area (Å²) in [7, 11) is 3.10. The molecule has 1 aromatic heterocycles. The highest BCUT2D eigenvalue weighted by Crippen LogP contribution is 2.38. The second kappa shape index (κ2) is 11.0. The molecule has 1 atom stereocenters. The lowest BCUT2D eigenvalue weighted by Gasteiger charge is -2.36. The highest BCUT2D eigenvalue weighted by Gasteiger charge is 2.28. The second-order valence-corrected chi connectivity index (χ2v) is 10.6. The van der Waals surface area contributed by atoms with E-state index in [1.54, 1.807) is 17.9 Å². The molecule has 0 saturated carbocycles. The van der Waals surface area contributed by atoms with Crippen LogP contribution in [0.2, 0.25) is 0 Å². The molecule has 0 bridgehead atoms. The number of esters is 1. The summed E-state index contributed by atoms with van der Waals surface area (Å²) in [6.45, 7) is 9.35. The van der Waals surface area contributed by atoms with Crippen molar-refractivity contribution in [1.82, 2.24) is 9.47 Å². The number of rotatable bonds is 6. The third-order valence-corrected chi connectivity index (χ3v) is 7.00. The Kier molecular flexibility index (Phi) is 7.93. The normalized spacial score (nSPS) is 16.5. The maximum absolute atomic E-state index is 13.1. The number of benzene rings is 2. The smallest absolute Gasteiger partial charge is 0.419 e. The van der Waals surface area contributed by atoms with E-state index in [2.05, 4.69) is 17.9 Å². The minimum absolute atomic E-state index is 0.221. The van der Waals surface area contributed by atoms with Crippen LogP contribution in [0.5, 0.6) is 5.75 Å². The molecule has 0 aliphatic carbocycles. The quantitative estimate of drug-likeness (QED) is 0.355. The van der Waals surface area contributed by atoms with E-state index >= 15 is 0 Å². The molecule has 0 spiro atoms. The molecule has 2 aromatic carbocycles. The molecule has 0 N–H and O–H groups in total. The lowest BCUT2D eigenvalue weighted by atomic mass is 9.93. The Morgan fingerprint density at radius 2 is 1.78 bits per heavy atom. The largest absolute Gasteiger partial charge is 0.496 e. The van der Waals surface area contributed by atoms with Crippen molar-refractivity contribution in [2.75, 3.05) is 20.8 Å². The van der Waals surface area contributed by atoms with Crippen molar-refractivity contribution in [3.05, 3.63) is 64.8 Å². The van der Waals surface area contributed by atoms with Crippen molar-refractivity contribution >= 4 is 23.0 Å². The number of piperidine rings is 1. The summed E-state index contributed by atoms with van der Waals surface area (Å²) in [5.41, 5.74) is 4.13. The molecular formula is C30H38N2O5. The fourth-order valence-electron chi connectivity index (χ4n) is 5.25. The SMILES string of the molecule is CCc1cc(OC)c(CN2CCCC[C@H]2c2ccc(C(=O)OC)cc2)c2ccn(C(=O)OC(C)(C)C)c12. The molecule has 2 heterocycles. The first kappa shape index (κ1) is 26.7. The third-order valence-electron chi connectivity index (χ3n) is 7.00. The molecule has 3 aromatic rings. The molecule has 37 heavy (non-hydrogen) atoms. The van der Waals surface area contributed by atoms with Gasteiger partial charge in [0.05, 0.1) is 25.3 Å². The Labute approximate surface area is 219 Å². The summed E-state index contributed by atoms with van der Waals surface area (Å²) >= 11 is 0. The van der Waals surface area contributed by atoms with Crippen molar-refractivity contribution in [2.24, 2.45) is 0 Å². The summed E-state index contributed by atoms with van der Waals surface area (Å²) < 4.78 is 18.1. The Bertz CT molecular complexity index is 1270. The Balaban J connectivity index is 1.73. The van der Waals surface area contributed by atoms with Gasteiger partial charge >= 0.3 is 12.1 Å². The average Bonchev–Trinajstić information content (AvgIpc) is 3.33. The topological polar surface area (TPSA) is 70.0 Å². The summed E-state index contributed by atoms with van der Waals surface area (Å²) in [5, 5.41) is 1.01. The molecule has 1 aliphatic heterocycles. The first-order valence-corrected chi connectivity index (χ1v) is 13.0. The van der Waals surface area contributed by atoms with Crippen LogP contribution in [0.15, 0.2) is 42.6 Å². The summed E-state index contributed by atoms with van der Waals surface area (Å²) in [5.74, 6) is 0.501. The van der Waals surface area contributed by atoms with Crippen LogP contribution >= 0.6 is 0 Å². The second-order valence-electron chi connectivity index (χ2n) is 10.6. The average molecular weight is 507 g/mol. The fraction of sp³-hybridized carbons (Fsp3) is 0.467. The number of aromatic nitrogens is 1. The predicted octanol–water partition coefficient (Wildman–Crippen LogP) is 6.51. The van der Waals surface area contributed by atoms with Gasteiger partial charge in [-0.1, -0.05) is 25.5 Å². The number of carbonyl (C=O) groups is 2. The van der Waals surface area contributed by atoms with Crippen LogP contribution in [0.25, 0.3) is 10.9 Å². The lowest BCUT2D eigenvalue weighted by Crippen LogP contribution is -2.33. The van der Waals surface area contributed by atoms with E-state index in [-0.39, 0.29) is 18.1 Å². The van der Waals surface area contributed by atoms with Gasteiger partial charge in [-0.2, -0.15) is 0 Å². The number of fused-ring (bicyclic) bond motifs is 1. The minimum atomic E-state index is -0.584. The van der Waals surface area contributed by atoms with Crippen LogP contribution in [-0.2, 0) is 22.4 Å². The van der Waals surface area contributed by atoms with Gasteiger partial charge < -0.3 is 14.2 Å². The maximum Gasteiger partial charge on any atom is 0.419 e. The van der Waals surface area contributed by atoms with Crippen LogP contribution in [0.1, 0.15) is 80.0 Å². The van der Waals surface area contributed by atoms with Crippen molar-refractivity contribution in [3.8, 4) is 5.75 Å². The minimum Gasteiger partial charge on any atom is -0.496 e.